The maximum absolute atomic E-state index is 11.1. The Morgan fingerprint density at radius 3 is 2.00 bits per heavy atom. The molecule has 76 valence electrons. The summed E-state index contributed by atoms with van der Waals surface area (Å²) in [6, 6.07) is 0. The van der Waals surface area contributed by atoms with Crippen LogP contribution >= 0.6 is 0 Å². The third-order valence-electron chi connectivity index (χ3n) is 1.67. The molecule has 0 aliphatic carbocycles. The fraction of sp³-hybridized carbons (Fsp3) is 0.571. The van der Waals surface area contributed by atoms with Crippen molar-refractivity contribution in [1.82, 2.24) is 14.5 Å². The average molecular weight is 233 g/mol. The van der Waals surface area contributed by atoms with Crippen LogP contribution in [0.25, 0.3) is 0 Å². The first-order valence-electron chi connectivity index (χ1n) is 4.08. The van der Waals surface area contributed by atoms with E-state index < -0.39 is 17.1 Å². The Kier molecular flexibility index (Phi) is 10.1. The summed E-state index contributed by atoms with van der Waals surface area (Å²) in [6.45, 7) is 2.28. The summed E-state index contributed by atoms with van der Waals surface area (Å²) in [5, 5.41) is 0. The molecule has 0 bridgehead atoms. The van der Waals surface area contributed by atoms with Gasteiger partial charge in [-0.2, -0.15) is 0 Å². The molecule has 0 atom stereocenters. The van der Waals surface area contributed by atoms with Crippen molar-refractivity contribution in [3.8, 4) is 0 Å². The Hall–Kier alpha value is 0.410. The van der Waals surface area contributed by atoms with Crippen molar-refractivity contribution >= 4 is 0 Å². The topological polar surface area (TPSA) is 87.7 Å². The summed E-state index contributed by atoms with van der Waals surface area (Å²) >= 11 is 0. The molecule has 1 rings (SSSR count). The van der Waals surface area contributed by atoms with Gasteiger partial charge in [-0.05, 0) is 6.42 Å². The van der Waals surface area contributed by atoms with E-state index in [2.05, 4.69) is 0 Å². The minimum absolute atomic E-state index is 0. The standard InChI is InChI=1S/C7H11N3O3.2Na.2H/c1-2-3-4-10-6(12)8-5(11)9-7(10)13;;;;/h2-4H2,1H3,(H2,8,9,11,12,13);;;;/q;2*+1;2*-1. The molecular weight excluding hydrogens is 220 g/mol. The van der Waals surface area contributed by atoms with E-state index in [0.29, 0.717) is 6.54 Å². The Labute approximate surface area is 133 Å². The van der Waals surface area contributed by atoms with Crippen LogP contribution in [0.3, 0.4) is 0 Å². The summed E-state index contributed by atoms with van der Waals surface area (Å²) in [6.07, 6.45) is 1.61. The molecule has 1 aromatic heterocycles. The SMILES string of the molecule is CCCCn1c(=O)[nH]c(=O)[nH]c1=O.[H-].[H-].[Na+].[Na+]. The predicted octanol–water partition coefficient (Wildman–Crippen LogP) is -6.74. The molecule has 8 heteroatoms. The molecule has 2 N–H and O–H groups in total. The van der Waals surface area contributed by atoms with Crippen molar-refractivity contribution in [3.63, 3.8) is 0 Å². The van der Waals surface area contributed by atoms with Crippen molar-refractivity contribution < 1.29 is 62.0 Å². The molecule has 0 fully saturated rings. The summed E-state index contributed by atoms with van der Waals surface area (Å²) in [5.74, 6) is 0. The number of nitrogens with one attached hydrogen (secondary N) is 2. The van der Waals surface area contributed by atoms with E-state index in [1.807, 2.05) is 16.9 Å². The normalized spacial score (nSPS) is 8.87. The minimum atomic E-state index is -0.761. The van der Waals surface area contributed by atoms with Gasteiger partial charge in [0.05, 0.1) is 0 Å². The molecule has 0 radical (unpaired) electrons. The molecule has 15 heavy (non-hydrogen) atoms. The quantitative estimate of drug-likeness (QED) is 0.509. The van der Waals surface area contributed by atoms with Gasteiger partial charge >= 0.3 is 76.2 Å². The van der Waals surface area contributed by atoms with Crippen molar-refractivity contribution in [2.45, 2.75) is 26.3 Å². The predicted molar refractivity (Wildman–Crippen MR) is 49.1 cm³/mol. The molecule has 0 aliphatic rings. The molecule has 0 spiro atoms. The molecule has 0 saturated heterocycles. The summed E-state index contributed by atoms with van der Waals surface area (Å²) < 4.78 is 0.977. The van der Waals surface area contributed by atoms with Crippen LogP contribution in [0, 0.1) is 0 Å². The third-order valence-corrected chi connectivity index (χ3v) is 1.67. The third kappa shape index (κ3) is 5.33. The maximum atomic E-state index is 11.1. The average Bonchev–Trinajstić information content (AvgIpc) is 2.02. The van der Waals surface area contributed by atoms with E-state index in [-0.39, 0.29) is 62.0 Å². The van der Waals surface area contributed by atoms with Gasteiger partial charge in [-0.15, -0.1) is 0 Å². The van der Waals surface area contributed by atoms with E-state index in [1.165, 1.54) is 0 Å². The number of aromatic amines is 2. The van der Waals surface area contributed by atoms with Crippen molar-refractivity contribution in [1.29, 1.82) is 0 Å². The smallest absolute Gasteiger partial charge is 1.00 e. The van der Waals surface area contributed by atoms with Crippen LogP contribution in [0.4, 0.5) is 0 Å². The van der Waals surface area contributed by atoms with Crippen LogP contribution in [0.15, 0.2) is 14.4 Å². The van der Waals surface area contributed by atoms with Gasteiger partial charge in [0, 0.05) is 6.54 Å². The van der Waals surface area contributed by atoms with E-state index >= 15 is 0 Å². The van der Waals surface area contributed by atoms with E-state index in [4.69, 9.17) is 0 Å². The summed E-state index contributed by atoms with van der Waals surface area (Å²) in [5.41, 5.74) is -2.06. The van der Waals surface area contributed by atoms with E-state index in [9.17, 15) is 14.4 Å². The second-order valence-corrected chi connectivity index (χ2v) is 2.69. The zero-order valence-corrected chi connectivity index (χ0v) is 13.3. The molecule has 1 heterocycles. The number of hydrogen-bond donors (Lipinski definition) is 2. The zero-order valence-electron chi connectivity index (χ0n) is 11.3. The Morgan fingerprint density at radius 2 is 1.60 bits per heavy atom. The van der Waals surface area contributed by atoms with Gasteiger partial charge in [0.2, 0.25) is 0 Å². The van der Waals surface area contributed by atoms with Crippen LogP contribution in [0.5, 0.6) is 0 Å². The van der Waals surface area contributed by atoms with Crippen molar-refractivity contribution in [3.05, 3.63) is 31.5 Å². The van der Waals surface area contributed by atoms with Gasteiger partial charge in [0.15, 0.2) is 0 Å². The van der Waals surface area contributed by atoms with Crippen molar-refractivity contribution in [2.75, 3.05) is 0 Å². The Bertz CT molecular complexity index is 422. The largest absolute Gasteiger partial charge is 1.00 e. The monoisotopic (exact) mass is 233 g/mol. The van der Waals surface area contributed by atoms with E-state index in [1.54, 1.807) is 0 Å². The number of nitrogens with zero attached hydrogens (tertiary/aromatic N) is 1. The molecule has 0 amide bonds. The summed E-state index contributed by atoms with van der Waals surface area (Å²) in [4.78, 5) is 36.7. The van der Waals surface area contributed by atoms with Crippen LogP contribution in [-0.2, 0) is 6.54 Å². The number of aromatic nitrogens is 3. The first-order valence-corrected chi connectivity index (χ1v) is 4.08. The number of H-pyrrole nitrogens is 2. The number of rotatable bonds is 3. The van der Waals surface area contributed by atoms with Gasteiger partial charge in [0.25, 0.3) is 0 Å². The molecule has 6 nitrogen and oxygen atoms in total. The second-order valence-electron chi connectivity index (χ2n) is 2.69. The maximum Gasteiger partial charge on any atom is 1.00 e. The Balaban J connectivity index is -0.000000211. The van der Waals surface area contributed by atoms with Crippen LogP contribution < -0.4 is 76.2 Å². The number of unbranched alkanes of at least 4 members (excludes halogenated alkanes) is 1. The van der Waals surface area contributed by atoms with Gasteiger partial charge in [-0.25, -0.2) is 19.0 Å². The first kappa shape index (κ1) is 17.8. The van der Waals surface area contributed by atoms with Crippen LogP contribution in [0.2, 0.25) is 0 Å². The van der Waals surface area contributed by atoms with Gasteiger partial charge < -0.3 is 2.85 Å². The first-order chi connectivity index (χ1) is 6.15. The summed E-state index contributed by atoms with van der Waals surface area (Å²) in [7, 11) is 0. The Morgan fingerprint density at radius 1 is 1.13 bits per heavy atom. The van der Waals surface area contributed by atoms with Gasteiger partial charge in [-0.1, -0.05) is 13.3 Å². The zero-order chi connectivity index (χ0) is 9.84. The van der Waals surface area contributed by atoms with Crippen LogP contribution in [-0.4, -0.2) is 14.5 Å². The molecule has 1 aromatic rings. The molecule has 0 saturated carbocycles. The fourth-order valence-electron chi connectivity index (χ4n) is 0.972. The molecule has 0 aliphatic heterocycles. The molecular formula is C7H13N3Na2O3. The van der Waals surface area contributed by atoms with E-state index in [0.717, 1.165) is 17.4 Å². The van der Waals surface area contributed by atoms with Gasteiger partial charge in [-0.3, -0.25) is 9.97 Å². The number of hydrogen-bond acceptors (Lipinski definition) is 3. The molecule has 0 aromatic carbocycles. The van der Waals surface area contributed by atoms with Crippen LogP contribution in [0.1, 0.15) is 22.6 Å². The second kappa shape index (κ2) is 8.55. The minimum Gasteiger partial charge on any atom is -1.00 e. The fourth-order valence-corrected chi connectivity index (χ4v) is 0.972. The van der Waals surface area contributed by atoms with Crippen molar-refractivity contribution in [2.24, 2.45) is 0 Å². The van der Waals surface area contributed by atoms with Gasteiger partial charge in [0.1, 0.15) is 0 Å². The molecule has 0 unspecified atom stereocenters.